The Morgan fingerprint density at radius 3 is 2.86 bits per heavy atom. The first-order valence-corrected chi connectivity index (χ1v) is 9.45. The molecule has 1 amide bonds. The molecule has 1 N–H and O–H groups in total. The second kappa shape index (κ2) is 5.61. The highest BCUT2D eigenvalue weighted by molar-refractivity contribution is 7.92. The van der Waals surface area contributed by atoms with Crippen molar-refractivity contribution in [1.29, 1.82) is 4.78 Å². The Hall–Kier alpha value is -1.50. The van der Waals surface area contributed by atoms with E-state index in [1.807, 2.05) is 4.90 Å². The third kappa shape index (κ3) is 2.99. The van der Waals surface area contributed by atoms with E-state index in [2.05, 4.69) is 4.98 Å². The van der Waals surface area contributed by atoms with Gasteiger partial charge in [0.15, 0.2) is 0 Å². The van der Waals surface area contributed by atoms with Gasteiger partial charge in [-0.15, -0.1) is 0 Å². The minimum absolute atomic E-state index is 0.0614. The van der Waals surface area contributed by atoms with Crippen LogP contribution in [0.4, 0.5) is 4.39 Å². The standard InChI is InChI=1S/C15H20FN3O2S/c16-12-3-4-13(18-10-12)9-14(20)19-7-1-5-15(19)6-2-8-22(17,21)11-15/h3-4,10,17H,1-2,5-9,11H2. The second-order valence-corrected chi connectivity index (χ2v) is 8.60. The van der Waals surface area contributed by atoms with Crippen molar-refractivity contribution < 1.29 is 13.4 Å². The maximum Gasteiger partial charge on any atom is 0.229 e. The van der Waals surface area contributed by atoms with Crippen molar-refractivity contribution in [3.63, 3.8) is 0 Å². The van der Waals surface area contributed by atoms with Gasteiger partial charge in [0.1, 0.15) is 5.82 Å². The molecule has 2 saturated heterocycles. The molecule has 7 heteroatoms. The summed E-state index contributed by atoms with van der Waals surface area (Å²) in [7, 11) is -2.58. The molecule has 0 saturated carbocycles. The number of amides is 1. The van der Waals surface area contributed by atoms with E-state index in [9.17, 15) is 13.4 Å². The average Bonchev–Trinajstić information content (AvgIpc) is 2.83. The van der Waals surface area contributed by atoms with Gasteiger partial charge >= 0.3 is 0 Å². The zero-order valence-electron chi connectivity index (χ0n) is 12.4. The Kier molecular flexibility index (Phi) is 3.92. The van der Waals surface area contributed by atoms with Crippen LogP contribution in [0, 0.1) is 10.6 Å². The highest BCUT2D eigenvalue weighted by Gasteiger charge is 2.47. The smallest absolute Gasteiger partial charge is 0.229 e. The molecular formula is C15H20FN3O2S. The molecule has 1 aromatic rings. The summed E-state index contributed by atoms with van der Waals surface area (Å²) in [6.45, 7) is 0.648. The van der Waals surface area contributed by atoms with E-state index in [4.69, 9.17) is 4.78 Å². The van der Waals surface area contributed by atoms with E-state index in [1.54, 1.807) is 0 Å². The Balaban J connectivity index is 1.77. The lowest BCUT2D eigenvalue weighted by molar-refractivity contribution is -0.134. The summed E-state index contributed by atoms with van der Waals surface area (Å²) in [4.78, 5) is 18.4. The van der Waals surface area contributed by atoms with Gasteiger partial charge in [0.05, 0.1) is 23.9 Å². The van der Waals surface area contributed by atoms with E-state index >= 15 is 0 Å². The normalized spacial score (nSPS) is 31.6. The van der Waals surface area contributed by atoms with Crippen LogP contribution < -0.4 is 0 Å². The number of carbonyl (C=O) groups excluding carboxylic acids is 1. The number of hydrogen-bond acceptors (Lipinski definition) is 4. The third-order valence-electron chi connectivity index (χ3n) is 4.64. The summed E-state index contributed by atoms with van der Waals surface area (Å²) >= 11 is 0. The number of halogens is 1. The number of pyridine rings is 1. The van der Waals surface area contributed by atoms with Crippen LogP contribution in [0.5, 0.6) is 0 Å². The summed E-state index contributed by atoms with van der Waals surface area (Å²) in [5, 5.41) is 0. The van der Waals surface area contributed by atoms with Crippen LogP contribution in [0.1, 0.15) is 31.4 Å². The number of aromatic nitrogens is 1. The van der Waals surface area contributed by atoms with E-state index in [0.29, 0.717) is 23.7 Å². The molecule has 0 radical (unpaired) electrons. The van der Waals surface area contributed by atoms with Gasteiger partial charge in [0.25, 0.3) is 0 Å². The van der Waals surface area contributed by atoms with Crippen molar-refractivity contribution in [2.45, 2.75) is 37.6 Å². The minimum Gasteiger partial charge on any atom is -0.336 e. The van der Waals surface area contributed by atoms with Crippen molar-refractivity contribution >= 4 is 15.6 Å². The molecule has 2 atom stereocenters. The van der Waals surface area contributed by atoms with Gasteiger partial charge in [-0.1, -0.05) is 0 Å². The molecule has 1 aromatic heterocycles. The Bertz CT molecular complexity index is 675. The maximum absolute atomic E-state index is 12.9. The fourth-order valence-corrected chi connectivity index (χ4v) is 5.78. The van der Waals surface area contributed by atoms with Gasteiger partial charge in [0.2, 0.25) is 5.91 Å². The first-order valence-electron chi connectivity index (χ1n) is 7.55. The van der Waals surface area contributed by atoms with Gasteiger partial charge in [-0.05, 0) is 37.8 Å². The van der Waals surface area contributed by atoms with E-state index in [1.165, 1.54) is 12.1 Å². The van der Waals surface area contributed by atoms with Gasteiger partial charge in [-0.3, -0.25) is 14.6 Å². The first-order chi connectivity index (χ1) is 10.4. The van der Waals surface area contributed by atoms with Crippen LogP contribution in [-0.4, -0.2) is 43.6 Å². The fraction of sp³-hybridized carbons (Fsp3) is 0.600. The number of likely N-dealkylation sites (tertiary alicyclic amines) is 1. The van der Waals surface area contributed by atoms with Gasteiger partial charge in [-0.2, -0.15) is 0 Å². The lowest BCUT2D eigenvalue weighted by atomic mass is 9.92. The number of nitrogens with one attached hydrogen (secondary N) is 1. The predicted octanol–water partition coefficient (Wildman–Crippen LogP) is 1.96. The van der Waals surface area contributed by atoms with Crippen LogP contribution in [0.25, 0.3) is 0 Å². The molecule has 2 aliphatic heterocycles. The predicted molar refractivity (Wildman–Crippen MR) is 81.4 cm³/mol. The monoisotopic (exact) mass is 325 g/mol. The summed E-state index contributed by atoms with van der Waals surface area (Å²) in [6, 6.07) is 2.82. The largest absolute Gasteiger partial charge is 0.336 e. The molecule has 5 nitrogen and oxygen atoms in total. The van der Waals surface area contributed by atoms with Crippen LogP contribution in [0.3, 0.4) is 0 Å². The molecule has 0 aromatic carbocycles. The van der Waals surface area contributed by atoms with Crippen LogP contribution in [0.2, 0.25) is 0 Å². The summed E-state index contributed by atoms with van der Waals surface area (Å²) in [5.74, 6) is 0.252. The van der Waals surface area contributed by atoms with E-state index < -0.39 is 21.1 Å². The number of nitrogens with zero attached hydrogens (tertiary/aromatic N) is 2. The van der Waals surface area contributed by atoms with Crippen LogP contribution in [0.15, 0.2) is 18.3 Å². The average molecular weight is 325 g/mol. The van der Waals surface area contributed by atoms with Gasteiger partial charge in [-0.25, -0.2) is 8.60 Å². The lowest BCUT2D eigenvalue weighted by Gasteiger charge is -2.42. The molecule has 3 heterocycles. The Morgan fingerprint density at radius 2 is 2.18 bits per heavy atom. The van der Waals surface area contributed by atoms with Gasteiger partial charge < -0.3 is 4.90 Å². The zero-order chi connectivity index (χ0) is 15.8. The molecule has 120 valence electrons. The molecule has 0 aliphatic carbocycles. The first kappa shape index (κ1) is 15.4. The molecule has 2 unspecified atom stereocenters. The number of carbonyl (C=O) groups is 1. The SMILES string of the molecule is N=S1(=O)CCCC2(CCCN2C(=O)Cc2ccc(F)cn2)C1. The summed E-state index contributed by atoms with van der Waals surface area (Å²) in [6.07, 6.45) is 4.51. The fourth-order valence-electron chi connectivity index (χ4n) is 3.71. The quantitative estimate of drug-likeness (QED) is 0.903. The maximum atomic E-state index is 12.9. The molecule has 3 rings (SSSR count). The highest BCUT2D eigenvalue weighted by atomic mass is 32.2. The Labute approximate surface area is 129 Å². The molecule has 2 aliphatic rings. The highest BCUT2D eigenvalue weighted by Crippen LogP contribution is 2.38. The minimum atomic E-state index is -2.58. The van der Waals surface area contributed by atoms with Crippen molar-refractivity contribution in [3.05, 3.63) is 29.8 Å². The van der Waals surface area contributed by atoms with Crippen molar-refractivity contribution in [2.75, 3.05) is 18.1 Å². The molecular weight excluding hydrogens is 305 g/mol. The van der Waals surface area contributed by atoms with Crippen LogP contribution >= 0.6 is 0 Å². The zero-order valence-corrected chi connectivity index (χ0v) is 13.2. The van der Waals surface area contributed by atoms with Gasteiger partial charge in [0, 0.05) is 27.7 Å². The number of rotatable bonds is 2. The number of hydrogen-bond donors (Lipinski definition) is 1. The van der Waals surface area contributed by atoms with Crippen molar-refractivity contribution in [3.8, 4) is 0 Å². The Morgan fingerprint density at radius 1 is 1.41 bits per heavy atom. The van der Waals surface area contributed by atoms with E-state index in [0.717, 1.165) is 31.9 Å². The molecule has 2 fully saturated rings. The second-order valence-electron chi connectivity index (χ2n) is 6.28. The van der Waals surface area contributed by atoms with Crippen molar-refractivity contribution in [2.24, 2.45) is 0 Å². The third-order valence-corrected chi connectivity index (χ3v) is 6.59. The van der Waals surface area contributed by atoms with E-state index in [-0.39, 0.29) is 12.3 Å². The van der Waals surface area contributed by atoms with Crippen LogP contribution in [-0.2, 0) is 20.9 Å². The topological polar surface area (TPSA) is 74.1 Å². The van der Waals surface area contributed by atoms with Crippen molar-refractivity contribution in [1.82, 2.24) is 9.88 Å². The summed E-state index contributed by atoms with van der Waals surface area (Å²) < 4.78 is 33.0. The summed E-state index contributed by atoms with van der Waals surface area (Å²) in [5.41, 5.74) is 0.129. The molecule has 22 heavy (non-hydrogen) atoms. The molecule has 1 spiro atoms. The molecule has 0 bridgehead atoms. The lowest BCUT2D eigenvalue weighted by Crippen LogP contribution is -2.54.